The average Bonchev–Trinajstić information content (AvgIpc) is 2.08. The maximum absolute atomic E-state index is 9.00. The van der Waals surface area contributed by atoms with Gasteiger partial charge in [-0.05, 0) is 0 Å². The summed E-state index contributed by atoms with van der Waals surface area (Å²) in [5.41, 5.74) is 0. The van der Waals surface area contributed by atoms with E-state index in [4.69, 9.17) is 59.4 Å². The number of hydrogen-bond donors (Lipinski definition) is 6. The van der Waals surface area contributed by atoms with Crippen LogP contribution in [0.2, 0.25) is 0 Å². The Balaban J connectivity index is -0.0000000109. The first-order valence-corrected chi connectivity index (χ1v) is 5.57. The van der Waals surface area contributed by atoms with Crippen molar-refractivity contribution in [2.45, 2.75) is 41.5 Å². The number of hydrogen-bond acceptors (Lipinski definition) is 6. The van der Waals surface area contributed by atoms with E-state index in [1.54, 1.807) is 0 Å². The molecule has 0 aromatic heterocycles. The maximum atomic E-state index is 9.00. The fourth-order valence-electron chi connectivity index (χ4n) is 0. The maximum Gasteiger partial charge on any atom is 0.300 e. The molecular weight excluding hydrogens is 703 g/mol. The van der Waals surface area contributed by atoms with Gasteiger partial charge in [0.25, 0.3) is 35.8 Å². The van der Waals surface area contributed by atoms with Gasteiger partial charge < -0.3 is 52.5 Å². The van der Waals surface area contributed by atoms with E-state index >= 15 is 0 Å². The first-order chi connectivity index (χ1) is 10.4. The number of aliphatic carboxylic acids is 6. The molecule has 200 valence electrons. The smallest absolute Gasteiger partial charge is 0.300 e. The molecule has 0 atom stereocenters. The van der Waals surface area contributed by atoms with Gasteiger partial charge in [-0.2, -0.15) is 0 Å². The summed E-state index contributed by atoms with van der Waals surface area (Å²) in [4.78, 5) is 54.0. The van der Waals surface area contributed by atoms with E-state index in [1.165, 1.54) is 0 Å². The van der Waals surface area contributed by atoms with Crippen molar-refractivity contribution in [3.05, 3.63) is 0 Å². The fourth-order valence-corrected chi connectivity index (χ4v) is 0. The van der Waals surface area contributed by atoms with Crippen molar-refractivity contribution in [2.24, 2.45) is 0 Å². The first-order valence-electron chi connectivity index (χ1n) is 5.57. The van der Waals surface area contributed by atoms with Gasteiger partial charge in [-0.3, -0.25) is 28.8 Å². The van der Waals surface area contributed by atoms with Gasteiger partial charge in [0.1, 0.15) is 0 Å². The molecule has 31 heavy (non-hydrogen) atoms. The number of carboxylic acid groups (broad SMARTS) is 6. The van der Waals surface area contributed by atoms with Gasteiger partial charge in [0.05, 0.1) is 0 Å². The summed E-state index contributed by atoms with van der Waals surface area (Å²) in [7, 11) is 0. The van der Waals surface area contributed by atoms with Crippen molar-refractivity contribution in [1.29, 1.82) is 0 Å². The summed E-state index contributed by atoms with van der Waals surface area (Å²) in [6.07, 6.45) is 0. The Bertz CT molecular complexity index is 273. The van der Waals surface area contributed by atoms with E-state index in [2.05, 4.69) is 0 Å². The zero-order valence-electron chi connectivity index (χ0n) is 17.3. The third kappa shape index (κ3) is 9290. The molecule has 0 aromatic rings. The summed E-state index contributed by atoms with van der Waals surface area (Å²) >= 11 is 0. The van der Waals surface area contributed by atoms with Crippen molar-refractivity contribution >= 4 is 35.8 Å². The second-order valence-electron chi connectivity index (χ2n) is 3.11. The minimum absolute atomic E-state index is 0. The second-order valence-corrected chi connectivity index (χ2v) is 3.11. The Labute approximate surface area is 216 Å². The van der Waals surface area contributed by atoms with Crippen LogP contribution < -0.4 is 0 Å². The molecule has 0 heterocycles. The molecule has 0 bridgehead atoms. The van der Waals surface area contributed by atoms with Gasteiger partial charge >= 0.3 is 0 Å². The van der Waals surface area contributed by atoms with Crippen LogP contribution in [0.4, 0.5) is 0 Å². The molecule has 0 spiro atoms. The number of carbonyl (C=O) groups is 6. The van der Waals surface area contributed by atoms with Crippen LogP contribution in [0.25, 0.3) is 0 Å². The molecule has 0 aliphatic carbocycles. The zero-order chi connectivity index (χ0) is 21.5. The Kier molecular flexibility index (Phi) is 225. The van der Waals surface area contributed by atoms with Gasteiger partial charge in [0, 0.05) is 100.0 Å². The molecule has 0 rings (SSSR count). The van der Waals surface area contributed by atoms with Crippen molar-refractivity contribution < 1.29 is 140 Å². The largest absolute Gasteiger partial charge is 0.481 e. The second kappa shape index (κ2) is 79.1. The van der Waals surface area contributed by atoms with Crippen LogP contribution in [0.5, 0.6) is 0 Å². The van der Waals surface area contributed by atoms with Gasteiger partial charge in [0.2, 0.25) is 0 Å². The zero-order valence-corrected chi connectivity index (χ0v) is 22.5. The Morgan fingerprint density at radius 3 is 0.355 bits per heavy atom. The quantitative estimate of drug-likeness (QED) is 0.108. The predicted molar refractivity (Wildman–Crippen MR) is 95.6 cm³/mol. The first kappa shape index (κ1) is 88.0. The van der Waals surface area contributed by atoms with E-state index in [0.29, 0.717) is 0 Å². The summed E-state index contributed by atoms with van der Waals surface area (Å²) in [5.74, 6) is -5.00. The van der Waals surface area contributed by atoms with E-state index in [9.17, 15) is 0 Å². The minimum Gasteiger partial charge on any atom is -0.481 e. The van der Waals surface area contributed by atoms with Crippen molar-refractivity contribution in [2.75, 3.05) is 0 Å². The van der Waals surface area contributed by atoms with Crippen LogP contribution in [0.3, 0.4) is 0 Å². The topological polar surface area (TPSA) is 351 Å². The summed E-state index contributed by atoms with van der Waals surface area (Å²) in [6, 6.07) is 0. The van der Waals surface area contributed by atoms with Crippen LogP contribution in [-0.4, -0.2) is 82.9 Å². The summed E-state index contributed by atoms with van der Waals surface area (Å²) in [6.45, 7) is 6.50. The molecule has 0 radical (unpaired) electrons. The molecule has 16 nitrogen and oxygen atoms in total. The van der Waals surface area contributed by atoms with E-state index in [1.807, 2.05) is 0 Å². The van der Waals surface area contributed by atoms with Crippen LogP contribution in [0.1, 0.15) is 41.5 Å². The Morgan fingerprint density at radius 1 is 0.355 bits per heavy atom. The van der Waals surface area contributed by atoms with Gasteiger partial charge in [0.15, 0.2) is 0 Å². The van der Waals surface area contributed by atoms with Crippen LogP contribution >= 0.6 is 0 Å². The van der Waals surface area contributed by atoms with Crippen molar-refractivity contribution in [3.8, 4) is 0 Å². The summed E-state index contributed by atoms with van der Waals surface area (Å²) < 4.78 is 0. The number of rotatable bonds is 0. The molecular formula is C12H33O16Ru3+. The molecule has 15 N–H and O–H groups in total. The van der Waals surface area contributed by atoms with Crippen molar-refractivity contribution in [3.63, 3.8) is 0 Å². The third-order valence-electron chi connectivity index (χ3n) is 0. The molecule has 0 saturated heterocycles. The molecule has 0 aromatic carbocycles. The average molecular weight is 737 g/mol. The Hall–Kier alpha value is -1.47. The monoisotopic (exact) mass is 739 g/mol. The molecule has 0 aliphatic heterocycles. The van der Waals surface area contributed by atoms with Crippen LogP contribution in [0.15, 0.2) is 0 Å². The van der Waals surface area contributed by atoms with Gasteiger partial charge in [-0.25, -0.2) is 0 Å². The van der Waals surface area contributed by atoms with Gasteiger partial charge in [-0.15, -0.1) is 0 Å². The SMILES string of the molecule is CC(=O)O.CC(=O)O.CC(=O)O.CC(=O)O.CC(=O)O.CC(=O)O.O.O.O.[OH3+].[Ru].[Ru].[Ru]. The van der Waals surface area contributed by atoms with Gasteiger partial charge in [-0.1, -0.05) is 0 Å². The Morgan fingerprint density at radius 2 is 0.355 bits per heavy atom. The summed E-state index contributed by atoms with van der Waals surface area (Å²) in [5, 5.41) is 44.5. The van der Waals surface area contributed by atoms with E-state index in [0.717, 1.165) is 41.5 Å². The molecule has 0 amide bonds. The molecule has 0 unspecified atom stereocenters. The van der Waals surface area contributed by atoms with Crippen molar-refractivity contribution in [1.82, 2.24) is 0 Å². The van der Waals surface area contributed by atoms with E-state index < -0.39 is 35.8 Å². The molecule has 0 saturated carbocycles. The van der Waals surface area contributed by atoms with Crippen LogP contribution in [0, 0.1) is 0 Å². The normalized spacial score (nSPS) is 4.84. The fraction of sp³-hybridized carbons (Fsp3) is 0.500. The third-order valence-corrected chi connectivity index (χ3v) is 0. The van der Waals surface area contributed by atoms with Crippen LogP contribution in [-0.2, 0) is 92.7 Å². The standard InChI is InChI=1S/6C2H4O2.4H2O.3Ru/c6*1-2(3)4;;;;;;;/h6*1H3,(H,3,4);4*1H2;;;/p+1. The molecule has 0 aliphatic rings. The number of carboxylic acids is 6. The predicted octanol–water partition coefficient (Wildman–Crippen LogP) is -2.86. The minimum atomic E-state index is -0.833. The van der Waals surface area contributed by atoms with E-state index in [-0.39, 0.29) is 80.3 Å². The molecule has 19 heteroatoms. The molecule has 0 fully saturated rings.